The number of anilines is 1. The monoisotopic (exact) mass is 510 g/mol. The van der Waals surface area contributed by atoms with Gasteiger partial charge in [0.2, 0.25) is 10.0 Å². The molecule has 11 heteroatoms. The number of benzene rings is 3. The van der Waals surface area contributed by atoms with Crippen molar-refractivity contribution in [2.45, 2.75) is 25.9 Å². The fourth-order valence-corrected chi connectivity index (χ4v) is 5.09. The molecule has 1 heterocycles. The molecule has 186 valence electrons. The minimum absolute atomic E-state index is 0.123. The van der Waals surface area contributed by atoms with Gasteiger partial charge in [-0.2, -0.15) is 0 Å². The van der Waals surface area contributed by atoms with Crippen molar-refractivity contribution >= 4 is 32.6 Å². The Balaban J connectivity index is 1.65. The van der Waals surface area contributed by atoms with E-state index < -0.39 is 27.6 Å². The van der Waals surface area contributed by atoms with Gasteiger partial charge in [-0.15, -0.1) is 5.10 Å². The van der Waals surface area contributed by atoms with Gasteiger partial charge < -0.3 is 5.11 Å². The lowest BCUT2D eigenvalue weighted by molar-refractivity contribution is -0.138. The molecular weight excluding hydrogens is 487 g/mol. The predicted octanol–water partition coefficient (Wildman–Crippen LogP) is 3.22. The van der Waals surface area contributed by atoms with E-state index in [2.05, 4.69) is 10.3 Å². The summed E-state index contributed by atoms with van der Waals surface area (Å²) in [7, 11) is -4.03. The maximum absolute atomic E-state index is 14.0. The number of rotatable bonds is 8. The number of fused-ring (bicyclic) bond motifs is 1. The molecule has 0 aliphatic heterocycles. The van der Waals surface area contributed by atoms with Gasteiger partial charge in [0.05, 0.1) is 17.3 Å². The van der Waals surface area contributed by atoms with Crippen molar-refractivity contribution in [2.24, 2.45) is 0 Å². The minimum Gasteiger partial charge on any atom is -0.480 e. The van der Waals surface area contributed by atoms with Gasteiger partial charge in [-0.1, -0.05) is 41.6 Å². The first-order valence-corrected chi connectivity index (χ1v) is 12.8. The first-order chi connectivity index (χ1) is 17.1. The number of halogens is 1. The molecule has 0 amide bonds. The molecule has 0 fully saturated rings. The first kappa shape index (κ1) is 25.0. The number of aryl methyl sites for hydroxylation is 2. The van der Waals surface area contributed by atoms with Crippen LogP contribution < -0.4 is 9.86 Å². The van der Waals surface area contributed by atoms with Crippen LogP contribution in [0, 0.1) is 12.7 Å². The highest BCUT2D eigenvalue weighted by Gasteiger charge is 2.33. The summed E-state index contributed by atoms with van der Waals surface area (Å²) in [5.74, 6) is -1.75. The van der Waals surface area contributed by atoms with Crippen LogP contribution in [0.3, 0.4) is 0 Å². The number of aliphatic carboxylic acids is 1. The summed E-state index contributed by atoms with van der Waals surface area (Å²) >= 11 is 0. The third-order valence-corrected chi connectivity index (χ3v) is 6.98. The van der Waals surface area contributed by atoms with E-state index in [1.807, 2.05) is 0 Å². The average molecular weight is 511 g/mol. The SMILES string of the molecule is Cc1ccc(-c2ccc(N([C@H](CCn3nnc4ccccc4c3=O)C(=O)O)S(C)(=O)=O)cc2)cc1F. The van der Waals surface area contributed by atoms with Crippen molar-refractivity contribution in [1.82, 2.24) is 15.0 Å². The molecule has 1 N–H and O–H groups in total. The lowest BCUT2D eigenvalue weighted by Crippen LogP contribution is -2.46. The Morgan fingerprint density at radius 2 is 1.75 bits per heavy atom. The van der Waals surface area contributed by atoms with Crippen molar-refractivity contribution < 1.29 is 22.7 Å². The number of nitrogens with zero attached hydrogens (tertiary/aromatic N) is 4. The fraction of sp³-hybridized carbons (Fsp3) is 0.200. The van der Waals surface area contributed by atoms with Gasteiger partial charge in [0.1, 0.15) is 17.4 Å². The second-order valence-electron chi connectivity index (χ2n) is 8.35. The minimum atomic E-state index is -4.03. The van der Waals surface area contributed by atoms with Crippen LogP contribution in [-0.2, 0) is 21.4 Å². The topological polar surface area (TPSA) is 122 Å². The molecule has 0 aliphatic carbocycles. The predicted molar refractivity (Wildman–Crippen MR) is 134 cm³/mol. The molecule has 0 spiro atoms. The zero-order valence-electron chi connectivity index (χ0n) is 19.5. The second-order valence-corrected chi connectivity index (χ2v) is 10.2. The van der Waals surface area contributed by atoms with Crippen LogP contribution in [0.25, 0.3) is 22.0 Å². The summed E-state index contributed by atoms with van der Waals surface area (Å²) < 4.78 is 41.2. The molecule has 0 aliphatic rings. The highest BCUT2D eigenvalue weighted by molar-refractivity contribution is 7.92. The Labute approximate surface area is 206 Å². The van der Waals surface area contributed by atoms with E-state index in [4.69, 9.17) is 0 Å². The standard InChI is InChI=1S/C25H23FN4O5S/c1-16-7-8-18(15-21(16)26)17-9-11-19(12-10-17)30(36(2,34)35)23(25(32)33)13-14-29-24(31)20-5-3-4-6-22(20)27-28-29/h3-12,15,23H,13-14H2,1-2H3,(H,32,33)/t23-/m1/s1. The van der Waals surface area contributed by atoms with Crippen LogP contribution in [0.2, 0.25) is 0 Å². The molecule has 1 atom stereocenters. The van der Waals surface area contributed by atoms with Crippen LogP contribution in [-0.4, -0.2) is 46.8 Å². The Kier molecular flexibility index (Phi) is 6.84. The van der Waals surface area contributed by atoms with E-state index in [-0.39, 0.29) is 24.5 Å². The van der Waals surface area contributed by atoms with E-state index >= 15 is 0 Å². The molecule has 4 aromatic rings. The number of sulfonamides is 1. The summed E-state index contributed by atoms with van der Waals surface area (Å²) in [6.07, 6.45) is 0.675. The lowest BCUT2D eigenvalue weighted by atomic mass is 10.0. The number of hydrogen-bond acceptors (Lipinski definition) is 6. The number of hydrogen-bond donors (Lipinski definition) is 1. The zero-order valence-corrected chi connectivity index (χ0v) is 20.3. The largest absolute Gasteiger partial charge is 0.480 e. The number of carboxylic acids is 1. The molecule has 0 saturated heterocycles. The molecule has 9 nitrogen and oxygen atoms in total. The molecule has 1 aromatic heterocycles. The number of carboxylic acid groups (broad SMARTS) is 1. The third kappa shape index (κ3) is 5.10. The summed E-state index contributed by atoms with van der Waals surface area (Å²) in [6, 6.07) is 16.0. The van der Waals surface area contributed by atoms with Crippen molar-refractivity contribution in [1.29, 1.82) is 0 Å². The van der Waals surface area contributed by atoms with Crippen LogP contribution in [0.5, 0.6) is 0 Å². The lowest BCUT2D eigenvalue weighted by Gasteiger charge is -2.29. The van der Waals surface area contributed by atoms with Gasteiger partial charge in [-0.25, -0.2) is 22.3 Å². The third-order valence-electron chi connectivity index (χ3n) is 5.80. The Bertz CT molecular complexity index is 1600. The van der Waals surface area contributed by atoms with E-state index in [0.717, 1.165) is 15.2 Å². The smallest absolute Gasteiger partial charge is 0.327 e. The summed E-state index contributed by atoms with van der Waals surface area (Å²) in [6.45, 7) is 1.48. The number of carbonyl (C=O) groups is 1. The van der Waals surface area contributed by atoms with Gasteiger partial charge >= 0.3 is 5.97 Å². The Morgan fingerprint density at radius 3 is 2.39 bits per heavy atom. The molecule has 36 heavy (non-hydrogen) atoms. The van der Waals surface area contributed by atoms with Crippen LogP contribution >= 0.6 is 0 Å². The maximum Gasteiger partial charge on any atom is 0.327 e. The molecule has 0 saturated carbocycles. The van der Waals surface area contributed by atoms with Crippen molar-refractivity contribution in [3.8, 4) is 11.1 Å². The van der Waals surface area contributed by atoms with Crippen molar-refractivity contribution in [3.05, 3.63) is 88.5 Å². The van der Waals surface area contributed by atoms with Crippen LogP contribution in [0.15, 0.2) is 71.5 Å². The molecule has 0 bridgehead atoms. The fourth-order valence-electron chi connectivity index (χ4n) is 3.93. The number of aromatic nitrogens is 3. The summed E-state index contributed by atoms with van der Waals surface area (Å²) in [4.78, 5) is 24.9. The van der Waals surface area contributed by atoms with Gasteiger partial charge in [-0.05, 0) is 60.4 Å². The van der Waals surface area contributed by atoms with Crippen LogP contribution in [0.1, 0.15) is 12.0 Å². The summed E-state index contributed by atoms with van der Waals surface area (Å²) in [5.41, 5.74) is 1.80. The molecule has 3 aromatic carbocycles. The van der Waals surface area contributed by atoms with Gasteiger partial charge in [0, 0.05) is 6.54 Å². The molecular formula is C25H23FN4O5S. The highest BCUT2D eigenvalue weighted by Crippen LogP contribution is 2.28. The maximum atomic E-state index is 14.0. The summed E-state index contributed by atoms with van der Waals surface area (Å²) in [5, 5.41) is 18.1. The van der Waals surface area contributed by atoms with E-state index in [1.165, 1.54) is 18.2 Å². The molecule has 0 unspecified atom stereocenters. The normalized spacial score (nSPS) is 12.4. The van der Waals surface area contributed by atoms with Gasteiger partial charge in [-0.3, -0.25) is 9.10 Å². The van der Waals surface area contributed by atoms with Crippen molar-refractivity contribution in [3.63, 3.8) is 0 Å². The Hall–Kier alpha value is -4.12. The molecule has 0 radical (unpaired) electrons. The van der Waals surface area contributed by atoms with E-state index in [9.17, 15) is 27.5 Å². The van der Waals surface area contributed by atoms with E-state index in [1.54, 1.807) is 55.5 Å². The van der Waals surface area contributed by atoms with E-state index in [0.29, 0.717) is 27.6 Å². The van der Waals surface area contributed by atoms with Gasteiger partial charge in [0.25, 0.3) is 5.56 Å². The second kappa shape index (κ2) is 9.86. The highest BCUT2D eigenvalue weighted by atomic mass is 32.2. The zero-order chi connectivity index (χ0) is 26.0. The average Bonchev–Trinajstić information content (AvgIpc) is 2.84. The van der Waals surface area contributed by atoms with Crippen LogP contribution in [0.4, 0.5) is 10.1 Å². The molecule has 4 rings (SSSR count). The van der Waals surface area contributed by atoms with Crippen molar-refractivity contribution in [2.75, 3.05) is 10.6 Å². The quantitative estimate of drug-likeness (QED) is 0.386. The first-order valence-electron chi connectivity index (χ1n) is 11.0. The van der Waals surface area contributed by atoms with Gasteiger partial charge in [0.15, 0.2) is 0 Å². The Morgan fingerprint density at radius 1 is 1.08 bits per heavy atom.